The summed E-state index contributed by atoms with van der Waals surface area (Å²) in [5.41, 5.74) is 4.00. The first kappa shape index (κ1) is 15.3. The molecule has 0 aromatic heterocycles. The number of nitrogens with one attached hydrogen (secondary N) is 1. The lowest BCUT2D eigenvalue weighted by molar-refractivity contribution is 0.136. The van der Waals surface area contributed by atoms with Gasteiger partial charge in [0.25, 0.3) is 0 Å². The Bertz CT molecular complexity index is 443. The van der Waals surface area contributed by atoms with Crippen LogP contribution in [0.4, 0.5) is 5.69 Å². The lowest BCUT2D eigenvalue weighted by Crippen LogP contribution is -2.24. The number of hydrogen-bond acceptors (Lipinski definition) is 3. The molecule has 2 atom stereocenters. The van der Waals surface area contributed by atoms with Crippen molar-refractivity contribution >= 4 is 5.69 Å². The van der Waals surface area contributed by atoms with Crippen molar-refractivity contribution in [3.05, 3.63) is 29.3 Å². The SMILES string of the molecule is Cc1cc(N2CCC(C(C)O)C2)ccc1CNC(C)C. The van der Waals surface area contributed by atoms with Gasteiger partial charge >= 0.3 is 0 Å². The van der Waals surface area contributed by atoms with Gasteiger partial charge in [0.2, 0.25) is 0 Å². The van der Waals surface area contributed by atoms with E-state index in [0.29, 0.717) is 12.0 Å². The van der Waals surface area contributed by atoms with Crippen molar-refractivity contribution in [3.63, 3.8) is 0 Å². The smallest absolute Gasteiger partial charge is 0.0557 e. The molecule has 1 fully saturated rings. The molecule has 3 nitrogen and oxygen atoms in total. The second-order valence-electron chi connectivity index (χ2n) is 6.38. The summed E-state index contributed by atoms with van der Waals surface area (Å²) in [4.78, 5) is 2.39. The minimum Gasteiger partial charge on any atom is -0.393 e. The number of aliphatic hydroxyl groups excluding tert-OH is 1. The maximum absolute atomic E-state index is 9.70. The van der Waals surface area contributed by atoms with Gasteiger partial charge in [-0.1, -0.05) is 19.9 Å². The maximum Gasteiger partial charge on any atom is 0.0557 e. The lowest BCUT2D eigenvalue weighted by atomic mass is 10.0. The zero-order valence-electron chi connectivity index (χ0n) is 13.2. The van der Waals surface area contributed by atoms with Gasteiger partial charge in [0.1, 0.15) is 0 Å². The van der Waals surface area contributed by atoms with E-state index in [0.717, 1.165) is 26.1 Å². The molecule has 0 radical (unpaired) electrons. The van der Waals surface area contributed by atoms with Gasteiger partial charge in [0, 0.05) is 37.3 Å². The van der Waals surface area contributed by atoms with Crippen LogP contribution in [0.3, 0.4) is 0 Å². The molecule has 1 saturated heterocycles. The van der Waals surface area contributed by atoms with E-state index in [1.165, 1.54) is 16.8 Å². The first-order chi connectivity index (χ1) is 9.47. The molecule has 1 aliphatic rings. The first-order valence-corrected chi connectivity index (χ1v) is 7.73. The Morgan fingerprint density at radius 1 is 1.35 bits per heavy atom. The Morgan fingerprint density at radius 3 is 2.65 bits per heavy atom. The van der Waals surface area contributed by atoms with Crippen LogP contribution in [0.25, 0.3) is 0 Å². The van der Waals surface area contributed by atoms with Gasteiger partial charge in [-0.25, -0.2) is 0 Å². The fourth-order valence-electron chi connectivity index (χ4n) is 2.80. The molecule has 0 amide bonds. The number of anilines is 1. The second kappa shape index (κ2) is 6.59. The predicted octanol–water partition coefficient (Wildman–Crippen LogP) is 2.70. The third kappa shape index (κ3) is 3.74. The molecule has 112 valence electrons. The van der Waals surface area contributed by atoms with Crippen molar-refractivity contribution in [2.45, 2.75) is 52.8 Å². The van der Waals surface area contributed by atoms with E-state index in [2.05, 4.69) is 49.2 Å². The van der Waals surface area contributed by atoms with Crippen molar-refractivity contribution in [1.82, 2.24) is 5.32 Å². The summed E-state index contributed by atoms with van der Waals surface area (Å²) in [5, 5.41) is 13.2. The summed E-state index contributed by atoms with van der Waals surface area (Å²) >= 11 is 0. The van der Waals surface area contributed by atoms with Crippen LogP contribution in [0.5, 0.6) is 0 Å². The molecule has 0 spiro atoms. The van der Waals surface area contributed by atoms with E-state index in [1.54, 1.807) is 0 Å². The van der Waals surface area contributed by atoms with Gasteiger partial charge in [-0.2, -0.15) is 0 Å². The van der Waals surface area contributed by atoms with E-state index < -0.39 is 0 Å². The van der Waals surface area contributed by atoms with E-state index in [9.17, 15) is 5.11 Å². The van der Waals surface area contributed by atoms with Crippen LogP contribution in [-0.4, -0.2) is 30.3 Å². The van der Waals surface area contributed by atoms with Crippen LogP contribution in [0.2, 0.25) is 0 Å². The zero-order chi connectivity index (χ0) is 14.7. The number of aliphatic hydroxyl groups is 1. The van der Waals surface area contributed by atoms with Gasteiger partial charge in [0.05, 0.1) is 6.10 Å². The van der Waals surface area contributed by atoms with Crippen molar-refractivity contribution in [2.24, 2.45) is 5.92 Å². The highest BCUT2D eigenvalue weighted by Crippen LogP contribution is 2.27. The van der Waals surface area contributed by atoms with Gasteiger partial charge < -0.3 is 15.3 Å². The fraction of sp³-hybridized carbons (Fsp3) is 0.647. The van der Waals surface area contributed by atoms with Gasteiger partial charge in [-0.05, 0) is 43.5 Å². The summed E-state index contributed by atoms with van der Waals surface area (Å²) in [7, 11) is 0. The highest BCUT2D eigenvalue weighted by atomic mass is 16.3. The van der Waals surface area contributed by atoms with Crippen LogP contribution in [0.15, 0.2) is 18.2 Å². The van der Waals surface area contributed by atoms with Crippen molar-refractivity contribution < 1.29 is 5.11 Å². The van der Waals surface area contributed by atoms with Crippen LogP contribution >= 0.6 is 0 Å². The summed E-state index contributed by atoms with van der Waals surface area (Å²) in [6, 6.07) is 7.24. The van der Waals surface area contributed by atoms with Crippen LogP contribution in [-0.2, 0) is 6.54 Å². The molecule has 20 heavy (non-hydrogen) atoms. The number of hydrogen-bond donors (Lipinski definition) is 2. The Hall–Kier alpha value is -1.06. The lowest BCUT2D eigenvalue weighted by Gasteiger charge is -2.21. The highest BCUT2D eigenvalue weighted by Gasteiger charge is 2.26. The van der Waals surface area contributed by atoms with E-state index >= 15 is 0 Å². The van der Waals surface area contributed by atoms with Crippen LogP contribution in [0, 0.1) is 12.8 Å². The fourth-order valence-corrected chi connectivity index (χ4v) is 2.80. The molecule has 0 saturated carbocycles. The number of aryl methyl sites for hydroxylation is 1. The second-order valence-corrected chi connectivity index (χ2v) is 6.38. The third-order valence-electron chi connectivity index (χ3n) is 4.30. The molecule has 2 rings (SSSR count). The monoisotopic (exact) mass is 276 g/mol. The minimum absolute atomic E-state index is 0.199. The standard InChI is InChI=1S/C17H28N2O/c1-12(2)18-10-15-5-6-17(9-13(15)3)19-8-7-16(11-19)14(4)20/h5-6,9,12,14,16,18,20H,7-8,10-11H2,1-4H3. The number of nitrogens with zero attached hydrogens (tertiary/aromatic N) is 1. The van der Waals surface area contributed by atoms with Crippen molar-refractivity contribution in [3.8, 4) is 0 Å². The summed E-state index contributed by atoms with van der Waals surface area (Å²) < 4.78 is 0. The van der Waals surface area contributed by atoms with Gasteiger partial charge in [0.15, 0.2) is 0 Å². The molecule has 1 aliphatic heterocycles. The summed E-state index contributed by atoms with van der Waals surface area (Å²) in [6.07, 6.45) is 0.892. The van der Waals surface area contributed by atoms with Crippen LogP contribution < -0.4 is 10.2 Å². The molecular weight excluding hydrogens is 248 g/mol. The predicted molar refractivity (Wildman–Crippen MR) is 85.2 cm³/mol. The molecule has 2 N–H and O–H groups in total. The normalized spacial score (nSPS) is 20.7. The quantitative estimate of drug-likeness (QED) is 0.868. The minimum atomic E-state index is -0.199. The average molecular weight is 276 g/mol. The number of benzene rings is 1. The van der Waals surface area contributed by atoms with E-state index in [4.69, 9.17) is 0 Å². The topological polar surface area (TPSA) is 35.5 Å². The maximum atomic E-state index is 9.70. The van der Waals surface area contributed by atoms with Gasteiger partial charge in [-0.3, -0.25) is 0 Å². The summed E-state index contributed by atoms with van der Waals surface area (Å²) in [6.45, 7) is 11.4. The molecular formula is C17H28N2O. The Kier molecular flexibility index (Phi) is 5.06. The Balaban J connectivity index is 2.02. The Morgan fingerprint density at radius 2 is 2.10 bits per heavy atom. The average Bonchev–Trinajstić information content (AvgIpc) is 2.86. The molecule has 0 bridgehead atoms. The molecule has 1 aromatic rings. The first-order valence-electron chi connectivity index (χ1n) is 7.73. The number of rotatable bonds is 5. The van der Waals surface area contributed by atoms with Crippen molar-refractivity contribution in [1.29, 1.82) is 0 Å². The van der Waals surface area contributed by atoms with Crippen molar-refractivity contribution in [2.75, 3.05) is 18.0 Å². The third-order valence-corrected chi connectivity index (χ3v) is 4.30. The molecule has 2 unspecified atom stereocenters. The summed E-state index contributed by atoms with van der Waals surface area (Å²) in [5.74, 6) is 0.414. The molecule has 3 heteroatoms. The van der Waals surface area contributed by atoms with Crippen LogP contribution in [0.1, 0.15) is 38.3 Å². The van der Waals surface area contributed by atoms with E-state index in [-0.39, 0.29) is 6.10 Å². The van der Waals surface area contributed by atoms with Gasteiger partial charge in [-0.15, -0.1) is 0 Å². The van der Waals surface area contributed by atoms with E-state index in [1.807, 2.05) is 6.92 Å². The molecule has 1 aromatic carbocycles. The Labute approximate surface area is 123 Å². The molecule has 0 aliphatic carbocycles. The largest absolute Gasteiger partial charge is 0.393 e. The molecule has 1 heterocycles. The highest BCUT2D eigenvalue weighted by molar-refractivity contribution is 5.51. The zero-order valence-corrected chi connectivity index (χ0v) is 13.2.